The smallest absolute Gasteiger partial charge is 0.219 e. The molecule has 122 valence electrons. The molecule has 6 heteroatoms. The fraction of sp³-hybridized carbons (Fsp3) is 0.750. The Labute approximate surface area is 131 Å². The first-order chi connectivity index (χ1) is 10.6. The Balaban J connectivity index is 1.60. The number of aliphatic hydroxyl groups is 1. The van der Waals surface area contributed by atoms with Crippen molar-refractivity contribution < 1.29 is 9.90 Å². The summed E-state index contributed by atoms with van der Waals surface area (Å²) in [6.45, 7) is 6.30. The van der Waals surface area contributed by atoms with E-state index in [-0.39, 0.29) is 23.8 Å². The van der Waals surface area contributed by atoms with E-state index in [0.29, 0.717) is 6.54 Å². The van der Waals surface area contributed by atoms with Gasteiger partial charge in [0.1, 0.15) is 5.82 Å². The van der Waals surface area contributed by atoms with Crippen molar-refractivity contribution in [2.45, 2.75) is 32.7 Å². The first-order valence-electron chi connectivity index (χ1n) is 8.20. The number of aromatic nitrogens is 2. The molecule has 2 saturated heterocycles. The van der Waals surface area contributed by atoms with Gasteiger partial charge < -0.3 is 15.0 Å². The summed E-state index contributed by atoms with van der Waals surface area (Å²) >= 11 is 0. The van der Waals surface area contributed by atoms with Crippen LogP contribution in [0.25, 0.3) is 0 Å². The van der Waals surface area contributed by atoms with Gasteiger partial charge in [-0.25, -0.2) is 4.98 Å². The summed E-state index contributed by atoms with van der Waals surface area (Å²) in [5.74, 6) is 1.36. The lowest BCUT2D eigenvalue weighted by molar-refractivity contribution is -0.135. The maximum absolute atomic E-state index is 11.6. The molecule has 2 N–H and O–H groups in total. The van der Waals surface area contributed by atoms with E-state index in [4.69, 9.17) is 0 Å². The monoisotopic (exact) mass is 306 g/mol. The third kappa shape index (κ3) is 3.03. The second kappa shape index (κ2) is 6.38. The second-order valence-electron chi connectivity index (χ2n) is 6.77. The van der Waals surface area contributed by atoms with Crippen molar-refractivity contribution in [1.29, 1.82) is 0 Å². The van der Waals surface area contributed by atoms with Crippen LogP contribution >= 0.6 is 0 Å². The van der Waals surface area contributed by atoms with Crippen LogP contribution < -0.4 is 0 Å². The molecule has 1 aromatic rings. The molecule has 1 amide bonds. The summed E-state index contributed by atoms with van der Waals surface area (Å²) in [6.07, 6.45) is 6.88. The molecule has 0 aliphatic carbocycles. The van der Waals surface area contributed by atoms with Crippen LogP contribution in [-0.4, -0.2) is 63.6 Å². The largest absolute Gasteiger partial charge is 0.396 e. The Morgan fingerprint density at radius 3 is 2.73 bits per heavy atom. The highest BCUT2D eigenvalue weighted by atomic mass is 16.3. The van der Waals surface area contributed by atoms with Gasteiger partial charge in [0.15, 0.2) is 0 Å². The number of rotatable bonds is 3. The van der Waals surface area contributed by atoms with Gasteiger partial charge in [-0.05, 0) is 37.8 Å². The number of carbonyl (C=O) groups excluding carboxylic acids is 1. The minimum atomic E-state index is 0.128. The summed E-state index contributed by atoms with van der Waals surface area (Å²) in [5, 5.41) is 9.81. The Morgan fingerprint density at radius 1 is 1.41 bits per heavy atom. The average Bonchev–Trinajstić information content (AvgIpc) is 3.03. The number of likely N-dealkylation sites (tertiary alicyclic amines) is 2. The van der Waals surface area contributed by atoms with Crippen LogP contribution in [0, 0.1) is 11.3 Å². The van der Waals surface area contributed by atoms with E-state index in [9.17, 15) is 9.90 Å². The van der Waals surface area contributed by atoms with Crippen LogP contribution in [0.15, 0.2) is 12.4 Å². The maximum atomic E-state index is 11.6. The summed E-state index contributed by atoms with van der Waals surface area (Å²) in [4.78, 5) is 23.4. The van der Waals surface area contributed by atoms with Crippen LogP contribution in [0.3, 0.4) is 0 Å². The Morgan fingerprint density at radius 2 is 2.14 bits per heavy atom. The zero-order valence-electron chi connectivity index (χ0n) is 13.3. The van der Waals surface area contributed by atoms with E-state index >= 15 is 0 Å². The summed E-state index contributed by atoms with van der Waals surface area (Å²) in [7, 11) is 0. The van der Waals surface area contributed by atoms with E-state index in [2.05, 4.69) is 14.9 Å². The van der Waals surface area contributed by atoms with Crippen LogP contribution in [-0.2, 0) is 11.3 Å². The number of nitrogens with one attached hydrogen (secondary N) is 1. The van der Waals surface area contributed by atoms with Gasteiger partial charge >= 0.3 is 0 Å². The molecule has 1 aromatic heterocycles. The van der Waals surface area contributed by atoms with E-state index in [1.54, 1.807) is 13.1 Å². The Bertz CT molecular complexity index is 494. The van der Waals surface area contributed by atoms with Crippen LogP contribution in [0.1, 0.15) is 32.0 Å². The van der Waals surface area contributed by atoms with Gasteiger partial charge in [0.2, 0.25) is 5.91 Å². The molecular weight excluding hydrogens is 280 g/mol. The number of H-pyrrole nitrogens is 1. The first kappa shape index (κ1) is 15.5. The Hall–Kier alpha value is -1.40. The van der Waals surface area contributed by atoms with E-state index < -0.39 is 0 Å². The third-order valence-corrected chi connectivity index (χ3v) is 5.63. The molecule has 3 heterocycles. The lowest BCUT2D eigenvalue weighted by atomic mass is 9.64. The maximum Gasteiger partial charge on any atom is 0.219 e. The molecule has 1 spiro atoms. The van der Waals surface area contributed by atoms with Gasteiger partial charge in [0.25, 0.3) is 0 Å². The van der Waals surface area contributed by atoms with Gasteiger partial charge in [0.05, 0.1) is 6.54 Å². The van der Waals surface area contributed by atoms with Crippen molar-refractivity contribution in [2.24, 2.45) is 11.3 Å². The summed E-state index contributed by atoms with van der Waals surface area (Å²) < 4.78 is 0. The standard InChI is InChI=1S/C16H26N4O2/c1-13(22)20-9-4-16(14(10-20)12-21)2-7-19(8-3-16)11-15-17-5-6-18-15/h5-6,14,21H,2-4,7-12H2,1H3,(H,17,18)/t14-/m1/s1. The number of aliphatic hydroxyl groups excluding tert-OH is 1. The van der Waals surface area contributed by atoms with Gasteiger partial charge in [0, 0.05) is 44.9 Å². The predicted molar refractivity (Wildman–Crippen MR) is 83.0 cm³/mol. The van der Waals surface area contributed by atoms with Gasteiger partial charge in [-0.15, -0.1) is 0 Å². The number of nitrogens with zero attached hydrogens (tertiary/aromatic N) is 3. The molecule has 0 saturated carbocycles. The topological polar surface area (TPSA) is 72.5 Å². The molecular formula is C16H26N4O2. The van der Waals surface area contributed by atoms with Crippen LogP contribution in [0.4, 0.5) is 0 Å². The highest BCUT2D eigenvalue weighted by Gasteiger charge is 2.44. The summed E-state index contributed by atoms with van der Waals surface area (Å²) in [6, 6.07) is 0. The highest BCUT2D eigenvalue weighted by Crippen LogP contribution is 2.45. The normalized spacial score (nSPS) is 25.5. The lowest BCUT2D eigenvalue weighted by Gasteiger charge is -2.51. The van der Waals surface area contributed by atoms with Gasteiger partial charge in [-0.3, -0.25) is 9.69 Å². The zero-order valence-corrected chi connectivity index (χ0v) is 13.3. The lowest BCUT2D eigenvalue weighted by Crippen LogP contribution is -2.54. The molecule has 6 nitrogen and oxygen atoms in total. The number of aromatic amines is 1. The second-order valence-corrected chi connectivity index (χ2v) is 6.77. The van der Waals surface area contributed by atoms with Crippen molar-refractivity contribution in [1.82, 2.24) is 19.8 Å². The van der Waals surface area contributed by atoms with Gasteiger partial charge in [-0.1, -0.05) is 0 Å². The molecule has 0 bridgehead atoms. The predicted octanol–water partition coefficient (Wildman–Crippen LogP) is 0.853. The fourth-order valence-electron chi connectivity index (χ4n) is 4.06. The van der Waals surface area contributed by atoms with Crippen molar-refractivity contribution in [3.63, 3.8) is 0 Å². The van der Waals surface area contributed by atoms with Crippen molar-refractivity contribution in [3.8, 4) is 0 Å². The average molecular weight is 306 g/mol. The molecule has 0 unspecified atom stereocenters. The van der Waals surface area contributed by atoms with Crippen LogP contribution in [0.2, 0.25) is 0 Å². The van der Waals surface area contributed by atoms with E-state index in [0.717, 1.165) is 51.3 Å². The van der Waals surface area contributed by atoms with Crippen molar-refractivity contribution >= 4 is 5.91 Å². The number of amides is 1. The molecule has 22 heavy (non-hydrogen) atoms. The molecule has 3 rings (SSSR count). The number of carbonyl (C=O) groups is 1. The number of hydrogen-bond acceptors (Lipinski definition) is 4. The van der Waals surface area contributed by atoms with Gasteiger partial charge in [-0.2, -0.15) is 0 Å². The summed E-state index contributed by atoms with van der Waals surface area (Å²) in [5.41, 5.74) is 0.209. The number of piperidine rings is 2. The third-order valence-electron chi connectivity index (χ3n) is 5.63. The van der Waals surface area contributed by atoms with E-state index in [1.807, 2.05) is 11.1 Å². The molecule has 2 fully saturated rings. The minimum Gasteiger partial charge on any atom is -0.396 e. The first-order valence-corrected chi connectivity index (χ1v) is 8.20. The zero-order chi connectivity index (χ0) is 15.6. The number of imidazole rings is 1. The Kier molecular flexibility index (Phi) is 4.49. The highest BCUT2D eigenvalue weighted by molar-refractivity contribution is 5.73. The molecule has 2 aliphatic heterocycles. The SMILES string of the molecule is CC(=O)N1CCC2(CCN(Cc3ncc[nH]3)CC2)[C@@H](CO)C1. The van der Waals surface area contributed by atoms with E-state index in [1.165, 1.54) is 0 Å². The number of hydrogen-bond donors (Lipinski definition) is 2. The fourth-order valence-corrected chi connectivity index (χ4v) is 4.06. The molecule has 0 radical (unpaired) electrons. The van der Waals surface area contributed by atoms with Crippen molar-refractivity contribution in [2.75, 3.05) is 32.8 Å². The van der Waals surface area contributed by atoms with Crippen LogP contribution in [0.5, 0.6) is 0 Å². The van der Waals surface area contributed by atoms with Crippen molar-refractivity contribution in [3.05, 3.63) is 18.2 Å². The molecule has 0 aromatic carbocycles. The minimum absolute atomic E-state index is 0.128. The molecule has 2 aliphatic rings. The quantitative estimate of drug-likeness (QED) is 0.868. The molecule has 1 atom stereocenters.